The highest BCUT2D eigenvalue weighted by Gasteiger charge is 2.37. The van der Waals surface area contributed by atoms with E-state index in [1.54, 1.807) is 5.10 Å². The molecule has 10 nitrogen and oxygen atoms in total. The molecule has 2 heterocycles. The fourth-order valence-electron chi connectivity index (χ4n) is 3.27. The SMILES string of the molecule is CCCCCN(C)C=Nc1cc(-c2cnc(C(F)(F)F)c(N)n2)c(F)cc1C=O.Nc1cn[nH]c(=O)c1C(F)(F)F. The Morgan fingerprint density at radius 3 is 2.27 bits per heavy atom. The summed E-state index contributed by atoms with van der Waals surface area (Å²) in [4.78, 5) is 34.7. The number of benzene rings is 1. The molecule has 0 atom stereocenters. The number of rotatable bonds is 8. The first-order chi connectivity index (χ1) is 19.1. The van der Waals surface area contributed by atoms with Crippen molar-refractivity contribution in [3.05, 3.63) is 57.5 Å². The van der Waals surface area contributed by atoms with E-state index < -0.39 is 46.5 Å². The number of halogens is 7. The fraction of sp³-hybridized carbons (Fsp3) is 0.333. The molecule has 0 aliphatic rings. The number of aromatic amines is 1. The fourth-order valence-corrected chi connectivity index (χ4v) is 3.27. The van der Waals surface area contributed by atoms with Gasteiger partial charge in [0.1, 0.15) is 11.4 Å². The largest absolute Gasteiger partial charge is 0.437 e. The molecule has 1 aromatic carbocycles. The molecule has 0 aliphatic carbocycles. The van der Waals surface area contributed by atoms with Gasteiger partial charge in [0.25, 0.3) is 5.56 Å². The Balaban J connectivity index is 0.000000408. The van der Waals surface area contributed by atoms with Crippen LogP contribution >= 0.6 is 0 Å². The molecule has 17 heteroatoms. The second-order valence-corrected chi connectivity index (χ2v) is 8.46. The normalized spacial score (nSPS) is 11.7. The molecule has 41 heavy (non-hydrogen) atoms. The number of carbonyl (C=O) groups is 1. The first-order valence-corrected chi connectivity index (χ1v) is 11.7. The minimum atomic E-state index is -4.77. The number of nitrogens with two attached hydrogens (primary N) is 2. The minimum absolute atomic E-state index is 0.00250. The average Bonchev–Trinajstić information content (AvgIpc) is 2.86. The van der Waals surface area contributed by atoms with E-state index in [9.17, 15) is 40.3 Å². The molecule has 0 fully saturated rings. The van der Waals surface area contributed by atoms with E-state index in [1.165, 1.54) is 12.4 Å². The number of aldehydes is 1. The van der Waals surface area contributed by atoms with Crippen LogP contribution < -0.4 is 17.0 Å². The summed E-state index contributed by atoms with van der Waals surface area (Å²) in [5, 5.41) is 4.74. The molecule has 2 aromatic heterocycles. The number of H-pyrrole nitrogens is 1. The minimum Gasteiger partial charge on any atom is -0.397 e. The summed E-state index contributed by atoms with van der Waals surface area (Å²) in [6, 6.07) is 2.17. The van der Waals surface area contributed by atoms with Crippen LogP contribution in [0.25, 0.3) is 11.3 Å². The second-order valence-electron chi connectivity index (χ2n) is 8.46. The van der Waals surface area contributed by atoms with Crippen LogP contribution in [0.2, 0.25) is 0 Å². The highest BCUT2D eigenvalue weighted by Crippen LogP contribution is 2.34. The van der Waals surface area contributed by atoms with Gasteiger partial charge in [0.05, 0.1) is 35.8 Å². The highest BCUT2D eigenvalue weighted by molar-refractivity contribution is 5.86. The van der Waals surface area contributed by atoms with Crippen molar-refractivity contribution in [1.29, 1.82) is 0 Å². The van der Waals surface area contributed by atoms with Crippen molar-refractivity contribution in [3.63, 3.8) is 0 Å². The molecule has 0 radical (unpaired) electrons. The van der Waals surface area contributed by atoms with Crippen molar-refractivity contribution in [2.45, 2.75) is 38.5 Å². The van der Waals surface area contributed by atoms with Gasteiger partial charge >= 0.3 is 12.4 Å². The second kappa shape index (κ2) is 13.7. The monoisotopic (exact) mass is 590 g/mol. The van der Waals surface area contributed by atoms with Gasteiger partial charge in [-0.25, -0.2) is 24.4 Å². The zero-order chi connectivity index (χ0) is 31.0. The maximum absolute atomic E-state index is 14.4. The van der Waals surface area contributed by atoms with Crippen molar-refractivity contribution in [3.8, 4) is 11.3 Å². The van der Waals surface area contributed by atoms with Gasteiger partial charge in [-0.05, 0) is 18.6 Å². The number of aliphatic imine (C=N–C) groups is 1. The van der Waals surface area contributed by atoms with Crippen LogP contribution in [0.1, 0.15) is 47.8 Å². The lowest BCUT2D eigenvalue weighted by Gasteiger charge is -2.13. The van der Waals surface area contributed by atoms with E-state index in [0.717, 1.165) is 44.3 Å². The van der Waals surface area contributed by atoms with Gasteiger partial charge < -0.3 is 16.4 Å². The van der Waals surface area contributed by atoms with Crippen LogP contribution in [0.3, 0.4) is 0 Å². The Morgan fingerprint density at radius 2 is 1.76 bits per heavy atom. The van der Waals surface area contributed by atoms with E-state index in [0.29, 0.717) is 6.29 Å². The molecule has 0 bridgehead atoms. The molecule has 0 saturated heterocycles. The number of nitrogens with zero attached hydrogens (tertiary/aromatic N) is 5. The lowest BCUT2D eigenvalue weighted by Crippen LogP contribution is -2.24. The summed E-state index contributed by atoms with van der Waals surface area (Å²) >= 11 is 0. The number of unbranched alkanes of at least 4 members (excludes halogenated alkanes) is 2. The summed E-state index contributed by atoms with van der Waals surface area (Å²) in [5.41, 5.74) is 5.27. The van der Waals surface area contributed by atoms with Crippen molar-refractivity contribution in [1.82, 2.24) is 25.1 Å². The topological polar surface area (TPSA) is 156 Å². The molecule has 0 saturated carbocycles. The zero-order valence-electron chi connectivity index (χ0n) is 21.6. The Morgan fingerprint density at radius 1 is 1.07 bits per heavy atom. The number of hydrogen-bond acceptors (Lipinski definition) is 8. The van der Waals surface area contributed by atoms with Crippen molar-refractivity contribution < 1.29 is 35.5 Å². The van der Waals surface area contributed by atoms with Crippen molar-refractivity contribution in [2.75, 3.05) is 25.1 Å². The third-order valence-electron chi connectivity index (χ3n) is 5.26. The lowest BCUT2D eigenvalue weighted by atomic mass is 10.1. The Bertz CT molecular complexity index is 1440. The summed E-state index contributed by atoms with van der Waals surface area (Å²) in [6.45, 7) is 2.84. The van der Waals surface area contributed by atoms with Crippen LogP contribution in [0, 0.1) is 5.82 Å². The molecule has 0 amide bonds. The first kappa shape index (κ1) is 32.6. The standard InChI is InChI=1S/C19H21F4N5O.C5H4F3N3O/c1-3-4-5-6-28(2)11-26-15-8-13(14(20)7-12(15)10-29)16-9-25-17(18(24)27-16)19(21,22)23;6-5(7,8)3-2(9)1-10-11-4(3)12/h7-11H,3-6H2,1-2H3,(H2,24,27);1H,(H3,9,11,12). The molecule has 0 spiro atoms. The van der Waals surface area contributed by atoms with Gasteiger partial charge in [-0.15, -0.1) is 0 Å². The number of alkyl halides is 6. The summed E-state index contributed by atoms with van der Waals surface area (Å²) < 4.78 is 88.7. The van der Waals surface area contributed by atoms with E-state index in [-0.39, 0.29) is 22.5 Å². The lowest BCUT2D eigenvalue weighted by molar-refractivity contribution is -0.140. The molecule has 3 aromatic rings. The molecule has 5 N–H and O–H groups in total. The third kappa shape index (κ3) is 8.97. The van der Waals surface area contributed by atoms with Gasteiger partial charge in [-0.1, -0.05) is 19.8 Å². The zero-order valence-corrected chi connectivity index (χ0v) is 21.6. The number of nitrogens with one attached hydrogen (secondary N) is 1. The maximum Gasteiger partial charge on any atom is 0.437 e. The molecule has 3 rings (SSSR count). The first-order valence-electron chi connectivity index (χ1n) is 11.7. The Hall–Kier alpha value is -4.57. The number of nitrogen functional groups attached to an aromatic ring is 2. The number of hydrogen-bond donors (Lipinski definition) is 3. The van der Waals surface area contributed by atoms with Crippen LogP contribution in [0.15, 0.2) is 34.3 Å². The molecular weight excluding hydrogens is 565 g/mol. The smallest absolute Gasteiger partial charge is 0.397 e. The number of carbonyl (C=O) groups excluding carboxylic acids is 1. The molecule has 0 unspecified atom stereocenters. The van der Waals surface area contributed by atoms with E-state index in [4.69, 9.17) is 11.5 Å². The summed E-state index contributed by atoms with van der Waals surface area (Å²) in [5.74, 6) is -1.72. The van der Waals surface area contributed by atoms with Crippen LogP contribution in [0.4, 0.5) is 47.9 Å². The Kier molecular flexibility index (Phi) is 10.9. The third-order valence-corrected chi connectivity index (χ3v) is 5.26. The van der Waals surface area contributed by atoms with Crippen molar-refractivity contribution >= 4 is 29.8 Å². The molecule has 0 aliphatic heterocycles. The van der Waals surface area contributed by atoms with Crippen LogP contribution in [-0.2, 0) is 12.4 Å². The Labute approximate surface area is 228 Å². The number of anilines is 2. The highest BCUT2D eigenvalue weighted by atomic mass is 19.4. The predicted octanol–water partition coefficient (Wildman–Crippen LogP) is 4.85. The van der Waals surface area contributed by atoms with Gasteiger partial charge in [0.15, 0.2) is 17.8 Å². The van der Waals surface area contributed by atoms with Gasteiger partial charge in [0, 0.05) is 24.7 Å². The summed E-state index contributed by atoms with van der Waals surface area (Å²) in [7, 11) is 1.81. The van der Waals surface area contributed by atoms with Gasteiger partial charge in [0.2, 0.25) is 0 Å². The van der Waals surface area contributed by atoms with Gasteiger partial charge in [-0.3, -0.25) is 9.59 Å². The number of aromatic nitrogens is 4. The predicted molar refractivity (Wildman–Crippen MR) is 137 cm³/mol. The molecule has 222 valence electrons. The van der Waals surface area contributed by atoms with Crippen molar-refractivity contribution in [2.24, 2.45) is 4.99 Å². The van der Waals surface area contributed by atoms with E-state index >= 15 is 0 Å². The average molecular weight is 591 g/mol. The van der Waals surface area contributed by atoms with E-state index in [1.807, 2.05) is 11.9 Å². The quantitative estimate of drug-likeness (QED) is 0.111. The van der Waals surface area contributed by atoms with Gasteiger partial charge in [-0.2, -0.15) is 31.4 Å². The summed E-state index contributed by atoms with van der Waals surface area (Å²) in [6.07, 6.45) is -2.93. The van der Waals surface area contributed by atoms with E-state index in [2.05, 4.69) is 27.0 Å². The molecular formula is C24H25F7N8O2. The van der Waals surface area contributed by atoms with Crippen LogP contribution in [0.5, 0.6) is 0 Å². The maximum atomic E-state index is 14.4. The van der Waals surface area contributed by atoms with Crippen LogP contribution in [-0.4, -0.2) is 51.3 Å².